The highest BCUT2D eigenvalue weighted by molar-refractivity contribution is 6.30. The standard InChI is InChI=1S/C19H20ClN5O2/c1-11-7-16(24-25(11)3)19(26)23-15-6-4-5-13(8-15)12(2)27-17-9-14(20)10-22-18(17)21/h4-10,12H,1-3H3,(H2,21,22)(H,23,26)/t12-/m1/s1. The number of hydrogen-bond donors (Lipinski definition) is 2. The fourth-order valence-corrected chi connectivity index (χ4v) is 2.67. The van der Waals surface area contributed by atoms with Gasteiger partial charge < -0.3 is 15.8 Å². The summed E-state index contributed by atoms with van der Waals surface area (Å²) >= 11 is 5.95. The summed E-state index contributed by atoms with van der Waals surface area (Å²) in [6.07, 6.45) is 1.14. The molecule has 0 spiro atoms. The normalized spacial score (nSPS) is 11.9. The van der Waals surface area contributed by atoms with Gasteiger partial charge in [-0.3, -0.25) is 9.48 Å². The zero-order valence-corrected chi connectivity index (χ0v) is 16.0. The van der Waals surface area contributed by atoms with Gasteiger partial charge in [-0.2, -0.15) is 5.10 Å². The maximum Gasteiger partial charge on any atom is 0.276 e. The van der Waals surface area contributed by atoms with Crippen molar-refractivity contribution in [3.63, 3.8) is 0 Å². The molecule has 2 heterocycles. The summed E-state index contributed by atoms with van der Waals surface area (Å²) in [5, 5.41) is 7.48. The number of nitrogen functional groups attached to an aromatic ring is 1. The Hall–Kier alpha value is -3.06. The second-order valence-corrected chi connectivity index (χ2v) is 6.61. The summed E-state index contributed by atoms with van der Waals surface area (Å²) in [5.41, 5.74) is 8.61. The molecule has 0 radical (unpaired) electrons. The van der Waals surface area contributed by atoms with E-state index in [1.165, 1.54) is 6.20 Å². The van der Waals surface area contributed by atoms with E-state index in [-0.39, 0.29) is 17.8 Å². The number of rotatable bonds is 5. The predicted molar refractivity (Wildman–Crippen MR) is 105 cm³/mol. The molecule has 8 heteroatoms. The van der Waals surface area contributed by atoms with Gasteiger partial charge in [0.2, 0.25) is 0 Å². The molecule has 27 heavy (non-hydrogen) atoms. The Labute approximate surface area is 162 Å². The molecule has 0 fully saturated rings. The van der Waals surface area contributed by atoms with Crippen molar-refractivity contribution in [1.29, 1.82) is 0 Å². The van der Waals surface area contributed by atoms with Gasteiger partial charge in [-0.05, 0) is 37.6 Å². The number of aromatic nitrogens is 3. The Bertz CT molecular complexity index is 966. The van der Waals surface area contributed by atoms with Crippen molar-refractivity contribution in [2.24, 2.45) is 7.05 Å². The second kappa shape index (κ2) is 7.67. The van der Waals surface area contributed by atoms with Crippen LogP contribution in [0.5, 0.6) is 5.75 Å². The summed E-state index contributed by atoms with van der Waals surface area (Å²) in [6, 6.07) is 10.7. The number of nitrogens with zero attached hydrogens (tertiary/aromatic N) is 3. The first kappa shape index (κ1) is 18.7. The molecule has 1 aromatic carbocycles. The first-order valence-corrected chi connectivity index (χ1v) is 8.71. The summed E-state index contributed by atoms with van der Waals surface area (Å²) in [7, 11) is 1.79. The number of nitrogens with two attached hydrogens (primary N) is 1. The maximum absolute atomic E-state index is 12.4. The van der Waals surface area contributed by atoms with Crippen LogP contribution in [0.25, 0.3) is 0 Å². The monoisotopic (exact) mass is 385 g/mol. The highest BCUT2D eigenvalue weighted by atomic mass is 35.5. The van der Waals surface area contributed by atoms with E-state index in [2.05, 4.69) is 15.4 Å². The van der Waals surface area contributed by atoms with Crippen LogP contribution < -0.4 is 15.8 Å². The molecule has 1 atom stereocenters. The number of halogens is 1. The number of carbonyl (C=O) groups excluding carboxylic acids is 1. The Morgan fingerprint density at radius 2 is 2.11 bits per heavy atom. The van der Waals surface area contributed by atoms with Crippen molar-refractivity contribution in [2.75, 3.05) is 11.1 Å². The van der Waals surface area contributed by atoms with Gasteiger partial charge in [0.25, 0.3) is 5.91 Å². The highest BCUT2D eigenvalue weighted by Crippen LogP contribution is 2.29. The third-order valence-electron chi connectivity index (χ3n) is 4.11. The van der Waals surface area contributed by atoms with E-state index in [0.29, 0.717) is 22.2 Å². The van der Waals surface area contributed by atoms with Crippen LogP contribution in [0.2, 0.25) is 5.02 Å². The molecule has 0 saturated heterocycles. The Morgan fingerprint density at radius 1 is 1.33 bits per heavy atom. The number of ether oxygens (including phenoxy) is 1. The van der Waals surface area contributed by atoms with Crippen molar-refractivity contribution in [3.05, 3.63) is 64.6 Å². The molecule has 0 bridgehead atoms. The molecule has 2 aromatic heterocycles. The van der Waals surface area contributed by atoms with Gasteiger partial charge in [-0.15, -0.1) is 0 Å². The first-order valence-electron chi connectivity index (χ1n) is 8.33. The van der Waals surface area contributed by atoms with Crippen molar-refractivity contribution in [1.82, 2.24) is 14.8 Å². The lowest BCUT2D eigenvalue weighted by Gasteiger charge is -2.17. The largest absolute Gasteiger partial charge is 0.482 e. The number of nitrogens with one attached hydrogen (secondary N) is 1. The van der Waals surface area contributed by atoms with Gasteiger partial charge in [0.05, 0.1) is 5.02 Å². The fourth-order valence-electron chi connectivity index (χ4n) is 2.52. The maximum atomic E-state index is 12.4. The van der Waals surface area contributed by atoms with Crippen LogP contribution in [-0.2, 0) is 7.05 Å². The van der Waals surface area contributed by atoms with Crippen molar-refractivity contribution < 1.29 is 9.53 Å². The van der Waals surface area contributed by atoms with Crippen LogP contribution >= 0.6 is 11.6 Å². The van der Waals surface area contributed by atoms with Crippen LogP contribution in [-0.4, -0.2) is 20.7 Å². The topological polar surface area (TPSA) is 95.1 Å². The molecule has 7 nitrogen and oxygen atoms in total. The number of anilines is 2. The summed E-state index contributed by atoms with van der Waals surface area (Å²) < 4.78 is 7.53. The Balaban J connectivity index is 1.74. The number of hydrogen-bond acceptors (Lipinski definition) is 5. The molecule has 3 aromatic rings. The number of pyridine rings is 1. The lowest BCUT2D eigenvalue weighted by atomic mass is 10.1. The van der Waals surface area contributed by atoms with E-state index in [4.69, 9.17) is 22.1 Å². The van der Waals surface area contributed by atoms with E-state index < -0.39 is 0 Å². The van der Waals surface area contributed by atoms with E-state index in [0.717, 1.165) is 11.3 Å². The van der Waals surface area contributed by atoms with Crippen molar-refractivity contribution >= 4 is 29.0 Å². The first-order chi connectivity index (χ1) is 12.8. The number of carbonyl (C=O) groups is 1. The lowest BCUT2D eigenvalue weighted by Crippen LogP contribution is -2.13. The smallest absolute Gasteiger partial charge is 0.276 e. The van der Waals surface area contributed by atoms with E-state index >= 15 is 0 Å². The Kier molecular flexibility index (Phi) is 5.32. The fraction of sp³-hybridized carbons (Fsp3) is 0.211. The average Bonchev–Trinajstić information content (AvgIpc) is 2.97. The third-order valence-corrected chi connectivity index (χ3v) is 4.32. The predicted octanol–water partition coefficient (Wildman–Crippen LogP) is 3.75. The minimum Gasteiger partial charge on any atom is -0.482 e. The molecule has 1 amide bonds. The number of benzene rings is 1. The van der Waals surface area contributed by atoms with E-state index in [9.17, 15) is 4.79 Å². The van der Waals surface area contributed by atoms with Crippen LogP contribution in [0, 0.1) is 6.92 Å². The molecule has 0 aliphatic carbocycles. The molecule has 0 unspecified atom stereocenters. The molecule has 3 rings (SSSR count). The summed E-state index contributed by atoms with van der Waals surface area (Å²) in [6.45, 7) is 3.77. The van der Waals surface area contributed by atoms with Gasteiger partial charge in [0, 0.05) is 30.7 Å². The van der Waals surface area contributed by atoms with Crippen LogP contribution in [0.4, 0.5) is 11.5 Å². The minimum absolute atomic E-state index is 0.265. The van der Waals surface area contributed by atoms with Crippen LogP contribution in [0.15, 0.2) is 42.6 Å². The van der Waals surface area contributed by atoms with Crippen LogP contribution in [0.3, 0.4) is 0 Å². The minimum atomic E-state index is -0.318. The third kappa shape index (κ3) is 4.38. The van der Waals surface area contributed by atoms with Gasteiger partial charge in [0.15, 0.2) is 17.3 Å². The zero-order chi connectivity index (χ0) is 19.6. The van der Waals surface area contributed by atoms with E-state index in [1.54, 1.807) is 29.9 Å². The molecular formula is C19H20ClN5O2. The SMILES string of the molecule is Cc1cc(C(=O)Nc2cccc([C@@H](C)Oc3cc(Cl)cnc3N)c2)nn1C. The van der Waals surface area contributed by atoms with Crippen molar-refractivity contribution in [3.8, 4) is 5.75 Å². The number of aryl methyl sites for hydroxylation is 2. The van der Waals surface area contributed by atoms with Gasteiger partial charge in [-0.1, -0.05) is 23.7 Å². The average molecular weight is 386 g/mol. The lowest BCUT2D eigenvalue weighted by molar-refractivity contribution is 0.102. The molecule has 140 valence electrons. The van der Waals surface area contributed by atoms with Crippen LogP contribution in [0.1, 0.15) is 34.8 Å². The van der Waals surface area contributed by atoms with E-state index in [1.807, 2.05) is 32.0 Å². The van der Waals surface area contributed by atoms with Crippen molar-refractivity contribution in [2.45, 2.75) is 20.0 Å². The summed E-state index contributed by atoms with van der Waals surface area (Å²) in [5.74, 6) is 0.405. The molecule has 0 aliphatic heterocycles. The second-order valence-electron chi connectivity index (χ2n) is 6.17. The molecule has 0 saturated carbocycles. The molecule has 0 aliphatic rings. The van der Waals surface area contributed by atoms with Gasteiger partial charge in [-0.25, -0.2) is 4.98 Å². The Morgan fingerprint density at radius 3 is 2.81 bits per heavy atom. The number of amides is 1. The van der Waals surface area contributed by atoms with Gasteiger partial charge >= 0.3 is 0 Å². The molecule has 3 N–H and O–H groups in total. The zero-order valence-electron chi connectivity index (χ0n) is 15.2. The van der Waals surface area contributed by atoms with Gasteiger partial charge in [0.1, 0.15) is 6.10 Å². The highest BCUT2D eigenvalue weighted by Gasteiger charge is 2.14. The quantitative estimate of drug-likeness (QED) is 0.697. The summed E-state index contributed by atoms with van der Waals surface area (Å²) in [4.78, 5) is 16.4. The molecular weight excluding hydrogens is 366 g/mol.